The van der Waals surface area contributed by atoms with Crippen molar-refractivity contribution in [3.8, 4) is 11.5 Å². The number of rotatable bonds is 7. The van der Waals surface area contributed by atoms with Crippen LogP contribution in [0.15, 0.2) is 77.9 Å². The highest BCUT2D eigenvalue weighted by molar-refractivity contribution is 6.39. The van der Waals surface area contributed by atoms with E-state index < -0.39 is 17.8 Å². The lowest BCUT2D eigenvalue weighted by Gasteiger charge is -2.06. The fourth-order valence-electron chi connectivity index (χ4n) is 2.64. The number of hydrazone groups is 1. The number of esters is 1. The molecule has 0 radical (unpaired) electrons. The van der Waals surface area contributed by atoms with Crippen LogP contribution in [0.25, 0.3) is 0 Å². The van der Waals surface area contributed by atoms with Gasteiger partial charge in [0.15, 0.2) is 0 Å². The summed E-state index contributed by atoms with van der Waals surface area (Å²) in [4.78, 5) is 36.2. The van der Waals surface area contributed by atoms with Gasteiger partial charge in [0.1, 0.15) is 11.5 Å². The molecule has 2 N–H and O–H groups in total. The zero-order valence-electron chi connectivity index (χ0n) is 17.6. The number of carbonyl (C=O) groups is 3. The summed E-state index contributed by atoms with van der Waals surface area (Å²) in [6.45, 7) is 2.39. The third-order valence-corrected chi connectivity index (χ3v) is 4.37. The molecule has 0 heterocycles. The van der Waals surface area contributed by atoms with Crippen LogP contribution in [0.1, 0.15) is 22.8 Å². The molecule has 2 amide bonds. The van der Waals surface area contributed by atoms with Crippen molar-refractivity contribution in [2.24, 2.45) is 5.10 Å². The number of hydrogen-bond donors (Lipinski definition) is 2. The number of anilines is 1. The second kappa shape index (κ2) is 11.4. The summed E-state index contributed by atoms with van der Waals surface area (Å²) in [5.41, 5.74) is 3.44. The maximum absolute atomic E-state index is 12.2. The van der Waals surface area contributed by atoms with Gasteiger partial charge in [-0.15, -0.1) is 0 Å². The molecular formula is C24H20ClN3O5. The topological polar surface area (TPSA) is 106 Å². The van der Waals surface area contributed by atoms with E-state index in [0.29, 0.717) is 34.2 Å². The van der Waals surface area contributed by atoms with E-state index in [1.165, 1.54) is 12.3 Å². The van der Waals surface area contributed by atoms with Crippen molar-refractivity contribution in [1.29, 1.82) is 0 Å². The maximum Gasteiger partial charge on any atom is 0.343 e. The minimum absolute atomic E-state index is 0.281. The van der Waals surface area contributed by atoms with Crippen LogP contribution in [0, 0.1) is 0 Å². The Hall–Kier alpha value is -4.17. The molecule has 0 unspecified atom stereocenters. The molecule has 0 aliphatic rings. The summed E-state index contributed by atoms with van der Waals surface area (Å²) >= 11 is 5.89. The molecular weight excluding hydrogens is 446 g/mol. The monoisotopic (exact) mass is 465 g/mol. The highest BCUT2D eigenvalue weighted by Gasteiger charge is 2.13. The number of benzene rings is 3. The van der Waals surface area contributed by atoms with E-state index in [0.717, 1.165) is 0 Å². The second-order valence-corrected chi connectivity index (χ2v) is 7.02. The second-order valence-electron chi connectivity index (χ2n) is 6.58. The van der Waals surface area contributed by atoms with Crippen LogP contribution < -0.4 is 20.2 Å². The molecule has 0 aliphatic carbocycles. The molecule has 0 atom stereocenters. The van der Waals surface area contributed by atoms with Gasteiger partial charge in [-0.3, -0.25) is 9.59 Å². The van der Waals surface area contributed by atoms with Gasteiger partial charge in [-0.25, -0.2) is 10.2 Å². The van der Waals surface area contributed by atoms with Crippen molar-refractivity contribution >= 4 is 41.3 Å². The van der Waals surface area contributed by atoms with Crippen LogP contribution >= 0.6 is 11.6 Å². The molecule has 9 heteroatoms. The predicted molar refractivity (Wildman–Crippen MR) is 125 cm³/mol. The Morgan fingerprint density at radius 3 is 2.42 bits per heavy atom. The van der Waals surface area contributed by atoms with Crippen molar-refractivity contribution in [2.75, 3.05) is 11.9 Å². The normalized spacial score (nSPS) is 10.5. The van der Waals surface area contributed by atoms with Crippen molar-refractivity contribution in [3.63, 3.8) is 0 Å². The van der Waals surface area contributed by atoms with E-state index in [9.17, 15) is 14.4 Å². The molecule has 3 aromatic rings. The smallest absolute Gasteiger partial charge is 0.343 e. The first kappa shape index (κ1) is 23.5. The molecule has 8 nitrogen and oxygen atoms in total. The number of amides is 2. The third kappa shape index (κ3) is 7.19. The van der Waals surface area contributed by atoms with Crippen molar-refractivity contribution in [2.45, 2.75) is 6.92 Å². The molecule has 0 aromatic heterocycles. The maximum atomic E-state index is 12.2. The summed E-state index contributed by atoms with van der Waals surface area (Å²) in [5, 5.41) is 6.66. The molecule has 33 heavy (non-hydrogen) atoms. The molecule has 0 bridgehead atoms. The molecule has 3 aromatic carbocycles. The van der Waals surface area contributed by atoms with Gasteiger partial charge in [-0.1, -0.05) is 29.8 Å². The lowest BCUT2D eigenvalue weighted by Crippen LogP contribution is -2.32. The highest BCUT2D eigenvalue weighted by Crippen LogP contribution is 2.17. The number of hydrogen-bond acceptors (Lipinski definition) is 6. The Kier molecular flexibility index (Phi) is 8.15. The largest absolute Gasteiger partial charge is 0.494 e. The van der Waals surface area contributed by atoms with E-state index in [-0.39, 0.29) is 5.75 Å². The molecule has 0 spiro atoms. The van der Waals surface area contributed by atoms with Gasteiger partial charge in [0.05, 0.1) is 18.4 Å². The fourth-order valence-corrected chi connectivity index (χ4v) is 2.84. The molecule has 0 aliphatic heterocycles. The Bertz CT molecular complexity index is 1180. The van der Waals surface area contributed by atoms with E-state index in [2.05, 4.69) is 15.8 Å². The number of nitrogens with one attached hydrogen (secondary N) is 2. The summed E-state index contributed by atoms with van der Waals surface area (Å²) in [7, 11) is 0. The fraction of sp³-hybridized carbons (Fsp3) is 0.0833. The quantitative estimate of drug-likeness (QED) is 0.180. The van der Waals surface area contributed by atoms with Gasteiger partial charge in [0.25, 0.3) is 0 Å². The van der Waals surface area contributed by atoms with Crippen molar-refractivity contribution in [3.05, 3.63) is 88.9 Å². The zero-order chi connectivity index (χ0) is 23.6. The first-order chi connectivity index (χ1) is 15.9. The third-order valence-electron chi connectivity index (χ3n) is 4.14. The predicted octanol–water partition coefficient (Wildman–Crippen LogP) is 4.05. The lowest BCUT2D eigenvalue weighted by atomic mass is 10.2. The summed E-state index contributed by atoms with van der Waals surface area (Å²) < 4.78 is 10.7. The summed E-state index contributed by atoms with van der Waals surface area (Å²) in [5.74, 6) is -1.44. The van der Waals surface area contributed by atoms with E-state index in [1.54, 1.807) is 66.7 Å². The molecule has 168 valence electrons. The molecule has 0 saturated heterocycles. The highest BCUT2D eigenvalue weighted by atomic mass is 35.5. The Morgan fingerprint density at radius 2 is 1.70 bits per heavy atom. The van der Waals surface area contributed by atoms with Crippen molar-refractivity contribution < 1.29 is 23.9 Å². The van der Waals surface area contributed by atoms with Crippen LogP contribution in [0.5, 0.6) is 11.5 Å². The van der Waals surface area contributed by atoms with Crippen LogP contribution in [-0.2, 0) is 9.59 Å². The Morgan fingerprint density at radius 1 is 0.939 bits per heavy atom. The summed E-state index contributed by atoms with van der Waals surface area (Å²) in [6, 6.07) is 19.5. The minimum Gasteiger partial charge on any atom is -0.494 e. The first-order valence-electron chi connectivity index (χ1n) is 9.89. The van der Waals surface area contributed by atoms with Crippen LogP contribution in [0.4, 0.5) is 5.69 Å². The van der Waals surface area contributed by atoms with E-state index in [1.807, 2.05) is 6.92 Å². The average Bonchev–Trinajstić information content (AvgIpc) is 2.80. The Balaban J connectivity index is 1.53. The average molecular weight is 466 g/mol. The van der Waals surface area contributed by atoms with Gasteiger partial charge >= 0.3 is 17.8 Å². The van der Waals surface area contributed by atoms with Gasteiger partial charge in [-0.05, 0) is 67.1 Å². The number of ether oxygens (including phenoxy) is 2. The van der Waals surface area contributed by atoms with Crippen LogP contribution in [0.2, 0.25) is 5.02 Å². The molecule has 3 rings (SSSR count). The van der Waals surface area contributed by atoms with E-state index >= 15 is 0 Å². The van der Waals surface area contributed by atoms with Gasteiger partial charge in [0, 0.05) is 10.7 Å². The molecule has 0 fully saturated rings. The zero-order valence-corrected chi connectivity index (χ0v) is 18.3. The number of nitrogens with zero attached hydrogens (tertiary/aromatic N) is 1. The van der Waals surface area contributed by atoms with Crippen LogP contribution in [0.3, 0.4) is 0 Å². The Labute approximate surface area is 195 Å². The van der Waals surface area contributed by atoms with Gasteiger partial charge < -0.3 is 14.8 Å². The first-order valence-corrected chi connectivity index (χ1v) is 10.3. The summed E-state index contributed by atoms with van der Waals surface area (Å²) in [6.07, 6.45) is 1.32. The number of carbonyl (C=O) groups excluding carboxylic acids is 3. The van der Waals surface area contributed by atoms with Gasteiger partial charge in [0.2, 0.25) is 0 Å². The standard InChI is InChI=1S/C24H20ClN3O5/c1-2-32-20-11-9-19(10-12-20)27-22(29)23(30)28-26-15-16-5-3-8-21(13-16)33-24(31)17-6-4-7-18(25)14-17/h3-15H,2H2,1H3,(H,27,29)(H,28,30)/b26-15+. The lowest BCUT2D eigenvalue weighted by molar-refractivity contribution is -0.136. The minimum atomic E-state index is -0.941. The van der Waals surface area contributed by atoms with E-state index in [4.69, 9.17) is 21.1 Å². The van der Waals surface area contributed by atoms with Gasteiger partial charge in [-0.2, -0.15) is 5.10 Å². The SMILES string of the molecule is CCOc1ccc(NC(=O)C(=O)N/N=C/c2cccc(OC(=O)c3cccc(Cl)c3)c2)cc1. The van der Waals surface area contributed by atoms with Crippen LogP contribution in [-0.4, -0.2) is 30.6 Å². The molecule has 0 saturated carbocycles. The number of halogens is 1. The van der Waals surface area contributed by atoms with Crippen molar-refractivity contribution in [1.82, 2.24) is 5.43 Å².